The largest absolute Gasteiger partial charge is 0.455 e. The van der Waals surface area contributed by atoms with E-state index in [0.29, 0.717) is 22.3 Å². The van der Waals surface area contributed by atoms with Crippen molar-refractivity contribution in [3.8, 4) is 28.5 Å². The fourth-order valence-corrected chi connectivity index (χ4v) is 4.70. The van der Waals surface area contributed by atoms with Gasteiger partial charge in [0.2, 0.25) is 5.69 Å². The van der Waals surface area contributed by atoms with E-state index in [4.69, 9.17) is 4.42 Å². The number of aryl methyl sites for hydroxylation is 2. The lowest BCUT2D eigenvalue weighted by Gasteiger charge is -2.18. The van der Waals surface area contributed by atoms with Gasteiger partial charge in [-0.05, 0) is 41.2 Å². The van der Waals surface area contributed by atoms with Gasteiger partial charge in [0.05, 0.1) is 22.8 Å². The second kappa shape index (κ2) is 7.81. The highest BCUT2D eigenvalue weighted by atomic mass is 19.1. The zero-order valence-corrected chi connectivity index (χ0v) is 20.0. The van der Waals surface area contributed by atoms with Crippen molar-refractivity contribution in [3.63, 3.8) is 0 Å². The van der Waals surface area contributed by atoms with Gasteiger partial charge in [0, 0.05) is 16.8 Å². The van der Waals surface area contributed by atoms with Crippen LogP contribution in [0.25, 0.3) is 44.3 Å². The molecule has 2 aromatic heterocycles. The van der Waals surface area contributed by atoms with E-state index in [0.717, 1.165) is 38.7 Å². The maximum Gasteiger partial charge on any atom is 0.219 e. The summed E-state index contributed by atoms with van der Waals surface area (Å²) in [7, 11) is 1.93. The van der Waals surface area contributed by atoms with Gasteiger partial charge in [-0.3, -0.25) is 0 Å². The summed E-state index contributed by atoms with van der Waals surface area (Å²) in [4.78, 5) is 0. The SMILES string of the molecule is Cc1ccc2c(oc3cc(-c4ccccc4)cc(C#N)c32)c1-c1cc(F)c(C(C)(C)C)c[n+]1C. The van der Waals surface area contributed by atoms with Gasteiger partial charge in [-0.25, -0.2) is 8.96 Å². The number of nitrogens with zero attached hydrogens (tertiary/aromatic N) is 2. The third kappa shape index (κ3) is 3.45. The average molecular weight is 450 g/mol. The molecule has 0 N–H and O–H groups in total. The first-order valence-corrected chi connectivity index (χ1v) is 11.3. The maximum absolute atomic E-state index is 15.2. The van der Waals surface area contributed by atoms with Crippen LogP contribution in [0.3, 0.4) is 0 Å². The van der Waals surface area contributed by atoms with Gasteiger partial charge in [-0.1, -0.05) is 63.2 Å². The minimum atomic E-state index is -0.309. The predicted molar refractivity (Wildman–Crippen MR) is 134 cm³/mol. The summed E-state index contributed by atoms with van der Waals surface area (Å²) >= 11 is 0. The summed E-state index contributed by atoms with van der Waals surface area (Å²) in [6.07, 6.45) is 1.86. The minimum absolute atomic E-state index is 0.239. The fraction of sp³-hybridized carbons (Fsp3) is 0.200. The van der Waals surface area contributed by atoms with E-state index in [2.05, 4.69) is 6.07 Å². The van der Waals surface area contributed by atoms with Gasteiger partial charge in [-0.15, -0.1) is 0 Å². The van der Waals surface area contributed by atoms with Gasteiger partial charge in [0.1, 0.15) is 24.0 Å². The molecule has 4 heteroatoms. The van der Waals surface area contributed by atoms with Gasteiger partial charge in [0.15, 0.2) is 6.20 Å². The zero-order chi connectivity index (χ0) is 24.2. The average Bonchev–Trinajstić information content (AvgIpc) is 3.18. The number of halogens is 1. The lowest BCUT2D eigenvalue weighted by Crippen LogP contribution is -2.34. The van der Waals surface area contributed by atoms with Crippen molar-refractivity contribution in [2.24, 2.45) is 7.05 Å². The van der Waals surface area contributed by atoms with Crippen molar-refractivity contribution in [2.75, 3.05) is 0 Å². The molecule has 0 aliphatic rings. The van der Waals surface area contributed by atoms with E-state index < -0.39 is 0 Å². The number of rotatable bonds is 2. The molecule has 0 saturated heterocycles. The minimum Gasteiger partial charge on any atom is -0.455 e. The van der Waals surface area contributed by atoms with E-state index in [-0.39, 0.29) is 11.2 Å². The van der Waals surface area contributed by atoms with E-state index in [1.165, 1.54) is 0 Å². The Bertz CT molecular complexity index is 1620. The van der Waals surface area contributed by atoms with Crippen molar-refractivity contribution in [1.82, 2.24) is 0 Å². The molecule has 34 heavy (non-hydrogen) atoms. The van der Waals surface area contributed by atoms with Gasteiger partial charge in [0.25, 0.3) is 0 Å². The van der Waals surface area contributed by atoms with Gasteiger partial charge >= 0.3 is 0 Å². The number of hydrogen-bond acceptors (Lipinski definition) is 2. The number of fused-ring (bicyclic) bond motifs is 3. The number of nitriles is 1. The first-order chi connectivity index (χ1) is 16.2. The number of benzene rings is 3. The molecule has 5 rings (SSSR count). The van der Waals surface area contributed by atoms with Gasteiger partial charge < -0.3 is 4.42 Å². The van der Waals surface area contributed by atoms with Crippen molar-refractivity contribution < 1.29 is 13.4 Å². The Morgan fingerprint density at radius 2 is 1.71 bits per heavy atom. The first-order valence-electron chi connectivity index (χ1n) is 11.3. The molecule has 0 bridgehead atoms. The molecule has 0 saturated carbocycles. The van der Waals surface area contributed by atoms with E-state index in [1.807, 2.05) is 100 Å². The van der Waals surface area contributed by atoms with Crippen LogP contribution in [0, 0.1) is 24.1 Å². The highest BCUT2D eigenvalue weighted by Crippen LogP contribution is 2.40. The smallest absolute Gasteiger partial charge is 0.219 e. The Balaban J connectivity index is 1.82. The molecule has 0 radical (unpaired) electrons. The molecule has 0 unspecified atom stereocenters. The van der Waals surface area contributed by atoms with Crippen LogP contribution < -0.4 is 4.57 Å². The summed E-state index contributed by atoms with van der Waals surface area (Å²) < 4.78 is 23.6. The molecule has 0 aliphatic heterocycles. The summed E-state index contributed by atoms with van der Waals surface area (Å²) in [5, 5.41) is 11.6. The Hall–Kier alpha value is -3.97. The predicted octanol–water partition coefficient (Wildman–Crippen LogP) is 7.36. The zero-order valence-electron chi connectivity index (χ0n) is 20.0. The van der Waals surface area contributed by atoms with Crippen molar-refractivity contribution in [1.29, 1.82) is 5.26 Å². The van der Waals surface area contributed by atoms with Crippen LogP contribution >= 0.6 is 0 Å². The highest BCUT2D eigenvalue weighted by molar-refractivity contribution is 6.12. The molecule has 0 atom stereocenters. The Kier molecular flexibility index (Phi) is 5.02. The molecule has 168 valence electrons. The summed E-state index contributed by atoms with van der Waals surface area (Å²) in [6.45, 7) is 8.01. The van der Waals surface area contributed by atoms with Gasteiger partial charge in [-0.2, -0.15) is 5.26 Å². The van der Waals surface area contributed by atoms with Crippen LogP contribution in [0.4, 0.5) is 4.39 Å². The monoisotopic (exact) mass is 449 g/mol. The Morgan fingerprint density at radius 1 is 0.971 bits per heavy atom. The van der Waals surface area contributed by atoms with Crippen LogP contribution in [-0.4, -0.2) is 0 Å². The Labute approximate surface area is 198 Å². The van der Waals surface area contributed by atoms with Crippen molar-refractivity contribution in [3.05, 3.63) is 89.4 Å². The lowest BCUT2D eigenvalue weighted by molar-refractivity contribution is -0.661. The molecule has 2 heterocycles. The van der Waals surface area contributed by atoms with Crippen molar-refractivity contribution in [2.45, 2.75) is 33.1 Å². The number of pyridine rings is 1. The summed E-state index contributed by atoms with van der Waals surface area (Å²) in [5.74, 6) is -0.239. The number of aromatic nitrogens is 1. The maximum atomic E-state index is 15.2. The van der Waals surface area contributed by atoms with Crippen LogP contribution in [0.15, 0.2) is 71.3 Å². The molecule has 0 amide bonds. The van der Waals surface area contributed by atoms with Crippen LogP contribution in [-0.2, 0) is 12.5 Å². The van der Waals surface area contributed by atoms with E-state index in [1.54, 1.807) is 6.07 Å². The second-order valence-corrected chi connectivity index (χ2v) is 9.89. The third-order valence-electron chi connectivity index (χ3n) is 6.46. The van der Waals surface area contributed by atoms with E-state index in [9.17, 15) is 5.26 Å². The van der Waals surface area contributed by atoms with E-state index >= 15 is 4.39 Å². The van der Waals surface area contributed by atoms with Crippen molar-refractivity contribution >= 4 is 21.9 Å². The van der Waals surface area contributed by atoms with Crippen LogP contribution in [0.2, 0.25) is 0 Å². The third-order valence-corrected chi connectivity index (χ3v) is 6.46. The molecule has 0 fully saturated rings. The first kappa shape index (κ1) is 21.9. The molecule has 0 aliphatic carbocycles. The quantitative estimate of drug-likeness (QED) is 0.264. The summed E-state index contributed by atoms with van der Waals surface area (Å²) in [6, 6.07) is 21.8. The summed E-state index contributed by atoms with van der Waals surface area (Å²) in [5.41, 5.74) is 6.70. The molecule has 3 nitrogen and oxygen atoms in total. The lowest BCUT2D eigenvalue weighted by atomic mass is 9.87. The van der Waals surface area contributed by atoms with Crippen LogP contribution in [0.1, 0.15) is 37.5 Å². The molecule has 3 aromatic carbocycles. The van der Waals surface area contributed by atoms with Crippen LogP contribution in [0.5, 0.6) is 0 Å². The molecule has 5 aromatic rings. The molecular formula is C30H26FN2O+. The number of furan rings is 1. The second-order valence-electron chi connectivity index (χ2n) is 9.89. The standard InChI is InChI=1S/C30H26FN2O/c1-18-11-12-22-28-21(16-32)13-20(19-9-7-6-8-10-19)14-26(28)34-29(22)27(18)25-15-24(31)23(17-33(25)5)30(2,3)4/h6-15,17H,1-5H3/q+1. The molecular weight excluding hydrogens is 423 g/mol. The highest BCUT2D eigenvalue weighted by Gasteiger charge is 2.28. The fourth-order valence-electron chi connectivity index (χ4n) is 4.70. The number of hydrogen-bond donors (Lipinski definition) is 0. The normalized spacial score (nSPS) is 11.8. The Morgan fingerprint density at radius 3 is 2.38 bits per heavy atom. The molecule has 0 spiro atoms. The topological polar surface area (TPSA) is 40.8 Å².